The van der Waals surface area contributed by atoms with Gasteiger partial charge in [-0.1, -0.05) is 12.1 Å². The lowest BCUT2D eigenvalue weighted by atomic mass is 10.2. The number of oxazole rings is 1. The molecule has 2 heterocycles. The smallest absolute Gasteiger partial charge is 0.246 e. The molecule has 168 valence electrons. The molecule has 32 heavy (non-hydrogen) atoms. The van der Waals surface area contributed by atoms with Crippen LogP contribution >= 0.6 is 0 Å². The number of amides is 1. The molecule has 4 rings (SSSR count). The molecule has 0 saturated carbocycles. The minimum absolute atomic E-state index is 0.0934. The Labute approximate surface area is 184 Å². The van der Waals surface area contributed by atoms with Gasteiger partial charge in [0, 0.05) is 44.6 Å². The van der Waals surface area contributed by atoms with Gasteiger partial charge in [0.25, 0.3) is 0 Å². The summed E-state index contributed by atoms with van der Waals surface area (Å²) in [6.45, 7) is 0.629. The van der Waals surface area contributed by atoms with E-state index in [1.807, 2.05) is 0 Å². The first-order valence-corrected chi connectivity index (χ1v) is 11.5. The van der Waals surface area contributed by atoms with E-state index in [1.54, 1.807) is 17.0 Å². The summed E-state index contributed by atoms with van der Waals surface area (Å²) in [6, 6.07) is 11.1. The first-order chi connectivity index (χ1) is 15.3. The molecule has 7 nitrogen and oxygen atoms in total. The number of sulfonamides is 1. The fraction of sp³-hybridized carbons (Fsp3) is 0.273. The van der Waals surface area contributed by atoms with Crippen LogP contribution in [0.25, 0.3) is 11.3 Å². The SMILES string of the molecule is O=C(CCc1ncc(-c2ccc(F)cc2)o1)N1CCN(S(=O)(=O)c2ccccc2F)CC1. The van der Waals surface area contributed by atoms with Crippen molar-refractivity contribution < 1.29 is 26.4 Å². The van der Waals surface area contributed by atoms with Crippen LogP contribution in [0.2, 0.25) is 0 Å². The molecular weight excluding hydrogens is 440 g/mol. The Morgan fingerprint density at radius 3 is 2.38 bits per heavy atom. The average molecular weight is 461 g/mol. The van der Waals surface area contributed by atoms with Gasteiger partial charge in [-0.15, -0.1) is 0 Å². The third-order valence-electron chi connectivity index (χ3n) is 5.28. The summed E-state index contributed by atoms with van der Waals surface area (Å²) in [5, 5.41) is 0. The average Bonchev–Trinajstić information content (AvgIpc) is 3.27. The molecule has 1 saturated heterocycles. The number of piperazine rings is 1. The number of aromatic nitrogens is 1. The summed E-state index contributed by atoms with van der Waals surface area (Å²) in [5.41, 5.74) is 0.684. The van der Waals surface area contributed by atoms with Gasteiger partial charge in [-0.2, -0.15) is 4.31 Å². The van der Waals surface area contributed by atoms with E-state index in [4.69, 9.17) is 4.42 Å². The van der Waals surface area contributed by atoms with E-state index >= 15 is 0 Å². The predicted octanol–water partition coefficient (Wildman–Crippen LogP) is 3.09. The highest BCUT2D eigenvalue weighted by molar-refractivity contribution is 7.89. The van der Waals surface area contributed by atoms with Crippen LogP contribution in [0.4, 0.5) is 8.78 Å². The second-order valence-electron chi connectivity index (χ2n) is 7.34. The van der Waals surface area contributed by atoms with Crippen molar-refractivity contribution in [2.24, 2.45) is 0 Å². The van der Waals surface area contributed by atoms with Gasteiger partial charge in [-0.25, -0.2) is 22.2 Å². The van der Waals surface area contributed by atoms with Gasteiger partial charge in [-0.3, -0.25) is 4.79 Å². The number of hydrogen-bond acceptors (Lipinski definition) is 5. The quantitative estimate of drug-likeness (QED) is 0.563. The molecule has 0 spiro atoms. The first kappa shape index (κ1) is 22.1. The van der Waals surface area contributed by atoms with Crippen molar-refractivity contribution in [3.63, 3.8) is 0 Å². The van der Waals surface area contributed by atoms with Gasteiger partial charge in [-0.05, 0) is 36.4 Å². The van der Waals surface area contributed by atoms with Crippen LogP contribution in [0.5, 0.6) is 0 Å². The van der Waals surface area contributed by atoms with Gasteiger partial charge >= 0.3 is 0 Å². The zero-order valence-corrected chi connectivity index (χ0v) is 17.9. The maximum atomic E-state index is 13.9. The lowest BCUT2D eigenvalue weighted by Gasteiger charge is -2.34. The Morgan fingerprint density at radius 2 is 1.69 bits per heavy atom. The Morgan fingerprint density at radius 1 is 1.00 bits per heavy atom. The minimum atomic E-state index is -3.95. The van der Waals surface area contributed by atoms with Crippen molar-refractivity contribution in [3.8, 4) is 11.3 Å². The molecule has 0 atom stereocenters. The summed E-state index contributed by atoms with van der Waals surface area (Å²) in [4.78, 5) is 17.9. The van der Waals surface area contributed by atoms with Gasteiger partial charge in [0.15, 0.2) is 11.7 Å². The van der Waals surface area contributed by atoms with Crippen LogP contribution in [-0.4, -0.2) is 54.7 Å². The summed E-state index contributed by atoms with van der Waals surface area (Å²) >= 11 is 0. The molecule has 0 unspecified atom stereocenters. The van der Waals surface area contributed by atoms with Crippen LogP contribution in [0.3, 0.4) is 0 Å². The van der Waals surface area contributed by atoms with Crippen LogP contribution in [-0.2, 0) is 21.2 Å². The van der Waals surface area contributed by atoms with E-state index in [0.29, 0.717) is 17.2 Å². The topological polar surface area (TPSA) is 83.7 Å². The highest BCUT2D eigenvalue weighted by Crippen LogP contribution is 2.22. The van der Waals surface area contributed by atoms with Crippen molar-refractivity contribution in [2.45, 2.75) is 17.7 Å². The highest BCUT2D eigenvalue weighted by Gasteiger charge is 2.31. The number of halogens is 2. The summed E-state index contributed by atoms with van der Waals surface area (Å²) < 4.78 is 59.2. The maximum absolute atomic E-state index is 13.9. The molecular formula is C22H21F2N3O4S. The van der Waals surface area contributed by atoms with Gasteiger partial charge in [0.2, 0.25) is 15.9 Å². The number of carbonyl (C=O) groups excluding carboxylic acids is 1. The molecule has 1 aliphatic rings. The Bertz CT molecular complexity index is 1200. The van der Waals surface area contributed by atoms with Crippen molar-refractivity contribution in [1.29, 1.82) is 0 Å². The molecule has 2 aromatic carbocycles. The molecule has 0 radical (unpaired) electrons. The molecule has 1 amide bonds. The molecule has 1 aliphatic heterocycles. The van der Waals surface area contributed by atoms with Crippen LogP contribution in [0, 0.1) is 11.6 Å². The van der Waals surface area contributed by atoms with Crippen molar-refractivity contribution in [3.05, 3.63) is 72.3 Å². The second-order valence-corrected chi connectivity index (χ2v) is 9.25. The second kappa shape index (κ2) is 9.17. The number of aryl methyl sites for hydroxylation is 1. The third-order valence-corrected chi connectivity index (χ3v) is 7.21. The van der Waals surface area contributed by atoms with Crippen molar-refractivity contribution in [2.75, 3.05) is 26.2 Å². The number of hydrogen-bond donors (Lipinski definition) is 0. The number of benzene rings is 2. The Hall–Kier alpha value is -3.11. The molecule has 0 bridgehead atoms. The number of carbonyl (C=O) groups is 1. The summed E-state index contributed by atoms with van der Waals surface area (Å²) in [7, 11) is -3.95. The van der Waals surface area contributed by atoms with Crippen LogP contribution in [0.15, 0.2) is 64.0 Å². The normalized spacial score (nSPS) is 15.1. The summed E-state index contributed by atoms with van der Waals surface area (Å²) in [5.74, 6) is -0.412. The Kier molecular flexibility index (Phi) is 6.33. The Balaban J connectivity index is 1.31. The van der Waals surface area contributed by atoms with Gasteiger partial charge < -0.3 is 9.32 Å². The maximum Gasteiger partial charge on any atom is 0.246 e. The van der Waals surface area contributed by atoms with E-state index in [9.17, 15) is 22.0 Å². The standard InChI is InChI=1S/C22H21F2N3O4S/c23-17-7-5-16(6-8-17)19-15-25-21(31-19)9-10-22(28)26-11-13-27(14-12-26)32(29,30)20-4-2-1-3-18(20)24/h1-8,15H,9-14H2. The largest absolute Gasteiger partial charge is 0.441 e. The van der Waals surface area contributed by atoms with Crippen molar-refractivity contribution in [1.82, 2.24) is 14.2 Å². The van der Waals surface area contributed by atoms with E-state index in [-0.39, 0.29) is 55.6 Å². The minimum Gasteiger partial charge on any atom is -0.441 e. The van der Waals surface area contributed by atoms with Crippen molar-refractivity contribution >= 4 is 15.9 Å². The molecule has 1 fully saturated rings. The first-order valence-electron chi connectivity index (χ1n) is 10.1. The lowest BCUT2D eigenvalue weighted by Crippen LogP contribution is -2.50. The van der Waals surface area contributed by atoms with E-state index in [2.05, 4.69) is 4.98 Å². The molecule has 10 heteroatoms. The number of rotatable bonds is 6. The summed E-state index contributed by atoms with van der Waals surface area (Å²) in [6.07, 6.45) is 1.97. The monoisotopic (exact) mass is 461 g/mol. The highest BCUT2D eigenvalue weighted by atomic mass is 32.2. The number of nitrogens with zero attached hydrogens (tertiary/aromatic N) is 3. The molecule has 0 N–H and O–H groups in total. The zero-order valence-electron chi connectivity index (χ0n) is 17.1. The van der Waals surface area contributed by atoms with Gasteiger partial charge in [0.05, 0.1) is 6.20 Å². The fourth-order valence-electron chi connectivity index (χ4n) is 3.52. The van der Waals surface area contributed by atoms with E-state index < -0.39 is 15.8 Å². The van der Waals surface area contributed by atoms with E-state index in [0.717, 1.165) is 6.07 Å². The predicted molar refractivity (Wildman–Crippen MR) is 112 cm³/mol. The molecule has 0 aliphatic carbocycles. The zero-order chi connectivity index (χ0) is 22.7. The van der Waals surface area contributed by atoms with Crippen LogP contribution in [0.1, 0.15) is 12.3 Å². The lowest BCUT2D eigenvalue weighted by molar-refractivity contribution is -0.132. The molecule has 3 aromatic rings. The fourth-order valence-corrected chi connectivity index (χ4v) is 5.00. The van der Waals surface area contributed by atoms with E-state index in [1.165, 1.54) is 40.8 Å². The van der Waals surface area contributed by atoms with Gasteiger partial charge in [0.1, 0.15) is 16.5 Å². The third kappa shape index (κ3) is 4.71. The van der Waals surface area contributed by atoms with Crippen LogP contribution < -0.4 is 0 Å². The molecule has 1 aromatic heterocycles.